The second-order valence-electron chi connectivity index (χ2n) is 5.75. The number of hydrogen-bond donors (Lipinski definition) is 3. The average molecular weight is 365 g/mol. The summed E-state index contributed by atoms with van der Waals surface area (Å²) in [5, 5.41) is 14.8. The number of hydrogen-bond acceptors (Lipinski definition) is 4. The summed E-state index contributed by atoms with van der Waals surface area (Å²) < 4.78 is 38.3. The normalized spacial score (nSPS) is 13.8. The van der Waals surface area contributed by atoms with Crippen LogP contribution in [0.2, 0.25) is 0 Å². The third kappa shape index (κ3) is 3.67. The van der Waals surface area contributed by atoms with E-state index < -0.39 is 29.2 Å². The predicted octanol–water partition coefficient (Wildman–Crippen LogP) is 2.70. The van der Waals surface area contributed by atoms with Gasteiger partial charge in [-0.05, 0) is 29.8 Å². The number of carboxylic acids is 1. The number of aromatic carboxylic acids is 1. The molecule has 1 aliphatic rings. The van der Waals surface area contributed by atoms with E-state index >= 15 is 0 Å². The highest BCUT2D eigenvalue weighted by molar-refractivity contribution is 6.10. The Bertz CT molecular complexity index is 881. The first-order chi connectivity index (χ1) is 12.3. The second kappa shape index (κ2) is 6.75. The van der Waals surface area contributed by atoms with Crippen molar-refractivity contribution in [3.8, 4) is 0 Å². The number of carbonyl (C=O) groups is 2. The maximum atomic E-state index is 12.8. The molecule has 6 nitrogen and oxygen atoms in total. The zero-order valence-corrected chi connectivity index (χ0v) is 13.4. The van der Waals surface area contributed by atoms with Crippen molar-refractivity contribution in [2.75, 3.05) is 11.9 Å². The van der Waals surface area contributed by atoms with Crippen molar-refractivity contribution in [2.45, 2.75) is 19.1 Å². The van der Waals surface area contributed by atoms with Crippen molar-refractivity contribution in [3.63, 3.8) is 0 Å². The standard InChI is InChI=1S/C17H14F3N3O3/c18-17(19,20)10-2-3-11(12(7-10)16(25)26)15(24)23-14-4-1-9-8-21-6-5-13(9)22-14/h1-4,7,21H,5-6,8H2,(H,25,26)(H,22,23,24). The largest absolute Gasteiger partial charge is 0.478 e. The lowest BCUT2D eigenvalue weighted by atomic mass is 10.0. The van der Waals surface area contributed by atoms with Gasteiger partial charge in [0.25, 0.3) is 5.91 Å². The van der Waals surface area contributed by atoms with E-state index in [1.54, 1.807) is 12.1 Å². The molecule has 9 heteroatoms. The van der Waals surface area contributed by atoms with E-state index in [-0.39, 0.29) is 11.4 Å². The van der Waals surface area contributed by atoms with Crippen LogP contribution >= 0.6 is 0 Å². The summed E-state index contributed by atoms with van der Waals surface area (Å²) in [6.45, 7) is 1.41. The minimum atomic E-state index is -4.70. The van der Waals surface area contributed by atoms with Crippen LogP contribution in [0.3, 0.4) is 0 Å². The van der Waals surface area contributed by atoms with Crippen LogP contribution in [0.1, 0.15) is 37.5 Å². The number of nitrogens with zero attached hydrogens (tertiary/aromatic N) is 1. The van der Waals surface area contributed by atoms with Gasteiger partial charge < -0.3 is 15.7 Å². The molecule has 1 aromatic heterocycles. The van der Waals surface area contributed by atoms with Crippen LogP contribution in [0.25, 0.3) is 0 Å². The fraction of sp³-hybridized carbons (Fsp3) is 0.235. The Morgan fingerprint density at radius 3 is 2.62 bits per heavy atom. The molecule has 0 spiro atoms. The van der Waals surface area contributed by atoms with Crippen LogP contribution in [0.15, 0.2) is 30.3 Å². The molecule has 1 aliphatic heterocycles. The smallest absolute Gasteiger partial charge is 0.416 e. The van der Waals surface area contributed by atoms with Gasteiger partial charge in [-0.1, -0.05) is 6.07 Å². The van der Waals surface area contributed by atoms with E-state index in [1.165, 1.54) is 0 Å². The quantitative estimate of drug-likeness (QED) is 0.778. The molecule has 0 atom stereocenters. The Labute approximate surface area is 146 Å². The number of amides is 1. The SMILES string of the molecule is O=C(O)c1cc(C(F)(F)F)ccc1C(=O)Nc1ccc2c(n1)CCNC2. The summed E-state index contributed by atoms with van der Waals surface area (Å²) in [6, 6.07) is 5.32. The number of anilines is 1. The molecule has 1 aromatic carbocycles. The Morgan fingerprint density at radius 1 is 1.15 bits per heavy atom. The van der Waals surface area contributed by atoms with Crippen molar-refractivity contribution in [3.05, 3.63) is 58.3 Å². The number of rotatable bonds is 3. The highest BCUT2D eigenvalue weighted by Crippen LogP contribution is 2.31. The predicted molar refractivity (Wildman–Crippen MR) is 86.0 cm³/mol. The summed E-state index contributed by atoms with van der Waals surface area (Å²) in [5.74, 6) is -2.24. The minimum absolute atomic E-state index is 0.215. The lowest BCUT2D eigenvalue weighted by molar-refractivity contribution is -0.137. The summed E-state index contributed by atoms with van der Waals surface area (Å²) in [6.07, 6.45) is -4.02. The Kier molecular flexibility index (Phi) is 4.64. The first-order valence-electron chi connectivity index (χ1n) is 7.71. The number of aromatic nitrogens is 1. The van der Waals surface area contributed by atoms with Gasteiger partial charge in [0.2, 0.25) is 0 Å². The van der Waals surface area contributed by atoms with Gasteiger partial charge >= 0.3 is 12.1 Å². The van der Waals surface area contributed by atoms with Crippen LogP contribution in [-0.4, -0.2) is 28.5 Å². The molecule has 3 N–H and O–H groups in total. The summed E-state index contributed by atoms with van der Waals surface area (Å²) >= 11 is 0. The van der Waals surface area contributed by atoms with Crippen LogP contribution in [0.4, 0.5) is 19.0 Å². The summed E-state index contributed by atoms with van der Waals surface area (Å²) in [4.78, 5) is 28.0. The number of halogens is 3. The van der Waals surface area contributed by atoms with Crippen molar-refractivity contribution in [2.24, 2.45) is 0 Å². The second-order valence-corrected chi connectivity index (χ2v) is 5.75. The topological polar surface area (TPSA) is 91.3 Å². The molecule has 0 unspecified atom stereocenters. The molecule has 136 valence electrons. The van der Waals surface area contributed by atoms with Gasteiger partial charge in [0.15, 0.2) is 0 Å². The van der Waals surface area contributed by atoms with Crippen molar-refractivity contribution in [1.29, 1.82) is 0 Å². The number of carbonyl (C=O) groups excluding carboxylic acids is 1. The molecule has 2 aromatic rings. The molecule has 3 rings (SSSR count). The number of nitrogens with one attached hydrogen (secondary N) is 2. The zero-order chi connectivity index (χ0) is 18.9. The Morgan fingerprint density at radius 2 is 1.92 bits per heavy atom. The fourth-order valence-electron chi connectivity index (χ4n) is 2.69. The van der Waals surface area contributed by atoms with Crippen molar-refractivity contribution in [1.82, 2.24) is 10.3 Å². The van der Waals surface area contributed by atoms with Gasteiger partial charge in [-0.15, -0.1) is 0 Å². The van der Waals surface area contributed by atoms with E-state index in [9.17, 15) is 22.8 Å². The molecule has 26 heavy (non-hydrogen) atoms. The number of benzene rings is 1. The van der Waals surface area contributed by atoms with E-state index in [2.05, 4.69) is 15.6 Å². The van der Waals surface area contributed by atoms with Crippen LogP contribution < -0.4 is 10.6 Å². The third-order valence-corrected chi connectivity index (χ3v) is 3.99. The van der Waals surface area contributed by atoms with Gasteiger partial charge in [-0.25, -0.2) is 9.78 Å². The van der Waals surface area contributed by atoms with Crippen LogP contribution in [0, 0.1) is 0 Å². The lowest BCUT2D eigenvalue weighted by Crippen LogP contribution is -2.25. The van der Waals surface area contributed by atoms with E-state index in [0.29, 0.717) is 25.1 Å². The van der Waals surface area contributed by atoms with E-state index in [0.717, 1.165) is 23.9 Å². The van der Waals surface area contributed by atoms with Gasteiger partial charge in [0.1, 0.15) is 5.82 Å². The first-order valence-corrected chi connectivity index (χ1v) is 7.71. The molecule has 0 bridgehead atoms. The molecule has 0 saturated carbocycles. The third-order valence-electron chi connectivity index (χ3n) is 3.99. The lowest BCUT2D eigenvalue weighted by Gasteiger charge is -2.17. The van der Waals surface area contributed by atoms with Crippen LogP contribution in [0.5, 0.6) is 0 Å². The molecule has 0 aliphatic carbocycles. The molecular weight excluding hydrogens is 351 g/mol. The highest BCUT2D eigenvalue weighted by atomic mass is 19.4. The van der Waals surface area contributed by atoms with Gasteiger partial charge in [0, 0.05) is 25.2 Å². The molecule has 0 fully saturated rings. The van der Waals surface area contributed by atoms with Crippen LogP contribution in [-0.2, 0) is 19.1 Å². The summed E-state index contributed by atoms with van der Waals surface area (Å²) in [5.41, 5.74) is -0.417. The molecular formula is C17H14F3N3O3. The monoisotopic (exact) mass is 365 g/mol. The van der Waals surface area contributed by atoms with Gasteiger partial charge in [0.05, 0.1) is 16.7 Å². The number of carboxylic acid groups (broad SMARTS) is 1. The van der Waals surface area contributed by atoms with Crippen molar-refractivity contribution < 1.29 is 27.9 Å². The van der Waals surface area contributed by atoms with Gasteiger partial charge in [-0.2, -0.15) is 13.2 Å². The minimum Gasteiger partial charge on any atom is -0.478 e. The highest BCUT2D eigenvalue weighted by Gasteiger charge is 2.32. The fourth-order valence-corrected chi connectivity index (χ4v) is 2.69. The van der Waals surface area contributed by atoms with Crippen molar-refractivity contribution >= 4 is 17.7 Å². The van der Waals surface area contributed by atoms with E-state index in [1.807, 2.05) is 0 Å². The number of alkyl halides is 3. The summed E-state index contributed by atoms with van der Waals surface area (Å²) in [7, 11) is 0. The molecule has 1 amide bonds. The first kappa shape index (κ1) is 17.9. The zero-order valence-electron chi connectivity index (χ0n) is 13.4. The van der Waals surface area contributed by atoms with E-state index in [4.69, 9.17) is 5.11 Å². The molecule has 0 saturated heterocycles. The number of fused-ring (bicyclic) bond motifs is 1. The van der Waals surface area contributed by atoms with Gasteiger partial charge in [-0.3, -0.25) is 4.79 Å². The maximum absolute atomic E-state index is 12.8. The Hall–Kier alpha value is -2.94. The molecule has 0 radical (unpaired) electrons. The Balaban J connectivity index is 1.89. The maximum Gasteiger partial charge on any atom is 0.416 e. The number of pyridine rings is 1. The average Bonchev–Trinajstić information content (AvgIpc) is 2.60. The molecule has 2 heterocycles.